The van der Waals surface area contributed by atoms with Crippen LogP contribution in [-0.4, -0.2) is 40.7 Å². The fourth-order valence-electron chi connectivity index (χ4n) is 1.97. The SMILES string of the molecule is CCC[CH2][Mg][CH2]CCC.C[CH](C)[Mg][CH](C)C. The average Bonchev–Trinajstić information content (AvgIpc) is 2.16. The first-order chi connectivity index (χ1) is 7.54. The average molecular weight is 249 g/mol. The fourth-order valence-corrected chi connectivity index (χ4v) is 5.92. The molecular weight excluding hydrogens is 217 g/mol. The summed E-state index contributed by atoms with van der Waals surface area (Å²) in [6.07, 6.45) is 5.80. The van der Waals surface area contributed by atoms with Gasteiger partial charge in [0.1, 0.15) is 0 Å². The van der Waals surface area contributed by atoms with Gasteiger partial charge in [0.15, 0.2) is 0 Å². The molecule has 0 saturated carbocycles. The topological polar surface area (TPSA) is 0 Å². The molecule has 0 amide bonds. The van der Waals surface area contributed by atoms with E-state index in [9.17, 15) is 0 Å². The van der Waals surface area contributed by atoms with Crippen LogP contribution in [-0.2, 0) is 0 Å². The number of hydrogen-bond donors (Lipinski definition) is 0. The van der Waals surface area contributed by atoms with Crippen LogP contribution >= 0.6 is 0 Å². The Hall–Kier alpha value is 1.53. The molecule has 0 aliphatic carbocycles. The molecule has 0 radical (unpaired) electrons. The van der Waals surface area contributed by atoms with E-state index in [1.165, 1.54) is 25.7 Å². The van der Waals surface area contributed by atoms with Gasteiger partial charge in [-0.1, -0.05) is 67.2 Å². The second kappa shape index (κ2) is 16.5. The van der Waals surface area contributed by atoms with Crippen molar-refractivity contribution in [3.8, 4) is 0 Å². The second-order valence-electron chi connectivity index (χ2n) is 5.79. The van der Waals surface area contributed by atoms with E-state index in [1.807, 2.05) is 0 Å². The lowest BCUT2D eigenvalue weighted by molar-refractivity contribution is 0.851. The summed E-state index contributed by atoms with van der Waals surface area (Å²) in [4.78, 5) is 0. The van der Waals surface area contributed by atoms with E-state index < -0.39 is 0 Å². The van der Waals surface area contributed by atoms with Gasteiger partial charge in [0.2, 0.25) is 0 Å². The number of unbranched alkanes of at least 4 members (excludes halogenated alkanes) is 2. The molecule has 0 aromatic heterocycles. The summed E-state index contributed by atoms with van der Waals surface area (Å²) in [5.41, 5.74) is 0. The molecule has 0 N–H and O–H groups in total. The van der Waals surface area contributed by atoms with Crippen molar-refractivity contribution in [2.75, 3.05) is 0 Å². The molecule has 2 heteroatoms. The Morgan fingerprint density at radius 3 is 1.31 bits per heavy atom. The lowest BCUT2D eigenvalue weighted by Gasteiger charge is -2.01. The summed E-state index contributed by atoms with van der Waals surface area (Å²) in [7, 11) is 0. The van der Waals surface area contributed by atoms with Crippen LogP contribution in [0.1, 0.15) is 67.2 Å². The molecule has 0 nitrogen and oxygen atoms in total. The fraction of sp³-hybridized carbons (Fsp3) is 1.00. The minimum absolute atomic E-state index is 0.281. The highest BCUT2D eigenvalue weighted by Gasteiger charge is 2.02. The normalized spacial score (nSPS) is 9.50. The van der Waals surface area contributed by atoms with E-state index in [1.54, 1.807) is 9.10 Å². The van der Waals surface area contributed by atoms with Gasteiger partial charge in [-0.15, -0.1) is 17.2 Å². The Bertz CT molecular complexity index is 99.3. The van der Waals surface area contributed by atoms with E-state index in [2.05, 4.69) is 41.5 Å². The van der Waals surface area contributed by atoms with E-state index in [-0.39, 0.29) is 20.4 Å². The third kappa shape index (κ3) is 24.7. The minimum atomic E-state index is 0.281. The summed E-state index contributed by atoms with van der Waals surface area (Å²) in [5, 5.41) is 0. The largest absolute Gasteiger partial charge is 0.371 e. The molecule has 92 valence electrons. The summed E-state index contributed by atoms with van der Waals surface area (Å²) < 4.78 is 5.22. The van der Waals surface area contributed by atoms with Crippen molar-refractivity contribution in [2.45, 2.75) is 84.4 Å². The first-order valence-corrected chi connectivity index (χ1v) is 11.2. The highest BCUT2D eigenvalue weighted by Crippen LogP contribution is 2.07. The highest BCUT2D eigenvalue weighted by molar-refractivity contribution is 6.38. The molecule has 0 aliphatic rings. The van der Waals surface area contributed by atoms with Crippen LogP contribution < -0.4 is 0 Å². The monoisotopic (exact) mass is 248 g/mol. The lowest BCUT2D eigenvalue weighted by atomic mass is 10.4. The molecule has 0 aromatic rings. The van der Waals surface area contributed by atoms with Gasteiger partial charge in [0, 0.05) is 0 Å². The second-order valence-corrected chi connectivity index (χ2v) is 11.6. The van der Waals surface area contributed by atoms with Crippen LogP contribution in [0.2, 0.25) is 17.2 Å². The zero-order valence-electron chi connectivity index (χ0n) is 12.8. The van der Waals surface area contributed by atoms with E-state index in [0.29, 0.717) is 20.4 Å². The first kappa shape index (κ1) is 19.9. The Morgan fingerprint density at radius 1 is 0.750 bits per heavy atom. The van der Waals surface area contributed by atoms with Crippen LogP contribution in [0, 0.1) is 0 Å². The smallest absolute Gasteiger partial charge is 0.146 e. The van der Waals surface area contributed by atoms with Gasteiger partial charge in [-0.25, -0.2) is 0 Å². The Labute approximate surface area is 124 Å². The molecule has 0 aromatic carbocycles. The molecule has 0 bridgehead atoms. The van der Waals surface area contributed by atoms with Crippen molar-refractivity contribution in [3.05, 3.63) is 0 Å². The van der Waals surface area contributed by atoms with Crippen LogP contribution in [0.4, 0.5) is 0 Å². The van der Waals surface area contributed by atoms with E-state index in [0.717, 1.165) is 8.09 Å². The minimum Gasteiger partial charge on any atom is -0.146 e. The summed E-state index contributed by atoms with van der Waals surface area (Å²) in [6, 6.07) is 0. The predicted octanol–water partition coefficient (Wildman–Crippen LogP) is 5.47. The van der Waals surface area contributed by atoms with E-state index >= 15 is 0 Å². The number of rotatable bonds is 8. The van der Waals surface area contributed by atoms with Crippen LogP contribution in [0.15, 0.2) is 0 Å². The van der Waals surface area contributed by atoms with Crippen LogP contribution in [0.25, 0.3) is 0 Å². The first-order valence-electron chi connectivity index (χ1n) is 7.54. The van der Waals surface area contributed by atoms with Crippen LogP contribution in [0.5, 0.6) is 0 Å². The maximum atomic E-state index is 2.33. The molecule has 0 unspecified atom stereocenters. The molecule has 0 aliphatic heterocycles. The third-order valence-corrected chi connectivity index (χ3v) is 6.54. The highest BCUT2D eigenvalue weighted by atomic mass is 24.5. The molecule has 16 heavy (non-hydrogen) atoms. The molecule has 0 heterocycles. The zero-order valence-corrected chi connectivity index (χ0v) is 15.6. The van der Waals surface area contributed by atoms with Crippen molar-refractivity contribution in [1.29, 1.82) is 0 Å². The lowest BCUT2D eigenvalue weighted by Crippen LogP contribution is -1.98. The van der Waals surface area contributed by atoms with E-state index in [4.69, 9.17) is 0 Å². The maximum Gasteiger partial charge on any atom is 0.371 e. The Morgan fingerprint density at radius 2 is 1.12 bits per heavy atom. The molecular formula is C14H32Mg2. The molecule has 0 fully saturated rings. The Balaban J connectivity index is 0. The molecule has 0 rings (SSSR count). The van der Waals surface area contributed by atoms with Gasteiger partial charge >= 0.3 is 40.7 Å². The van der Waals surface area contributed by atoms with Gasteiger partial charge in [-0.3, -0.25) is 0 Å². The van der Waals surface area contributed by atoms with Crippen LogP contribution in [0.3, 0.4) is 0 Å². The van der Waals surface area contributed by atoms with Gasteiger partial charge in [0.05, 0.1) is 0 Å². The van der Waals surface area contributed by atoms with Crippen molar-refractivity contribution in [1.82, 2.24) is 0 Å². The standard InChI is InChI=1S/2C4H9.2C3H7.2Mg/c2*1-3-4-2;2*1-3-2;;/h2*1,3-4H2,2H3;2*3H,1-2H3;;. The van der Waals surface area contributed by atoms with Gasteiger partial charge in [-0.05, 0) is 0 Å². The molecule has 0 saturated heterocycles. The third-order valence-electron chi connectivity index (χ3n) is 2.65. The van der Waals surface area contributed by atoms with Crippen molar-refractivity contribution in [3.63, 3.8) is 0 Å². The zero-order chi connectivity index (χ0) is 12.8. The summed E-state index contributed by atoms with van der Waals surface area (Å²) in [6.45, 7) is 13.9. The van der Waals surface area contributed by atoms with Crippen molar-refractivity contribution in [2.24, 2.45) is 0 Å². The summed E-state index contributed by atoms with van der Waals surface area (Å²) in [5.74, 6) is 0. The molecule has 0 atom stereocenters. The number of hydrogen-bond acceptors (Lipinski definition) is 0. The van der Waals surface area contributed by atoms with Gasteiger partial charge < -0.3 is 0 Å². The quantitative estimate of drug-likeness (QED) is 0.395. The van der Waals surface area contributed by atoms with Crippen molar-refractivity contribution >= 4 is 40.7 Å². The van der Waals surface area contributed by atoms with Gasteiger partial charge in [0.25, 0.3) is 0 Å². The molecule has 0 spiro atoms. The maximum absolute atomic E-state index is 2.33. The summed E-state index contributed by atoms with van der Waals surface area (Å²) >= 11 is 0.670. The predicted molar refractivity (Wildman–Crippen MR) is 81.1 cm³/mol. The van der Waals surface area contributed by atoms with Gasteiger partial charge in [-0.2, -0.15) is 0 Å². The Kier molecular flexibility index (Phi) is 20.5. The van der Waals surface area contributed by atoms with Crippen molar-refractivity contribution < 1.29 is 0 Å².